The number of rotatable bonds is 5. The minimum absolute atomic E-state index is 0.0228. The number of nitrogens with zero attached hydrogens (tertiary/aromatic N) is 1. The van der Waals surface area contributed by atoms with Crippen molar-refractivity contribution in [2.75, 3.05) is 16.0 Å². The van der Waals surface area contributed by atoms with E-state index in [1.807, 2.05) is 18.2 Å². The molecule has 0 saturated heterocycles. The maximum absolute atomic E-state index is 13.1. The Labute approximate surface area is 153 Å². The summed E-state index contributed by atoms with van der Waals surface area (Å²) in [5.41, 5.74) is 1.56. The Kier molecular flexibility index (Phi) is 5.55. The maximum Gasteiger partial charge on any atom is 0.325 e. The van der Waals surface area contributed by atoms with Crippen LogP contribution >= 0.6 is 11.3 Å². The molecule has 132 valence electrons. The summed E-state index contributed by atoms with van der Waals surface area (Å²) < 4.78 is 13.1. The van der Waals surface area contributed by atoms with Gasteiger partial charge in [0.2, 0.25) is 5.91 Å². The summed E-state index contributed by atoms with van der Waals surface area (Å²) in [6.45, 7) is 0. The summed E-state index contributed by atoms with van der Waals surface area (Å²) in [6.07, 6.45) is 0.0228. The third-order valence-electron chi connectivity index (χ3n) is 3.25. The monoisotopic (exact) mass is 370 g/mol. The molecule has 0 aliphatic rings. The smallest absolute Gasteiger partial charge is 0.325 e. The Balaban J connectivity index is 1.52. The van der Waals surface area contributed by atoms with Crippen LogP contribution in [0.15, 0.2) is 60.0 Å². The molecule has 0 bridgehead atoms. The highest BCUT2D eigenvalue weighted by Gasteiger charge is 2.10. The lowest BCUT2D eigenvalue weighted by Gasteiger charge is -2.05. The van der Waals surface area contributed by atoms with Gasteiger partial charge in [0.15, 0.2) is 5.13 Å². The van der Waals surface area contributed by atoms with Crippen molar-refractivity contribution in [1.29, 1.82) is 0 Å². The average Bonchev–Trinajstić information content (AvgIpc) is 3.02. The standard InChI is InChI=1S/C18H15FN4O2S/c19-12-5-4-8-14(9-12)20-16(24)10-15-11-26-18(22-15)23-17(25)21-13-6-2-1-3-7-13/h1-9,11H,10H2,(H,20,24)(H2,21,22,23,25). The summed E-state index contributed by atoms with van der Waals surface area (Å²) in [4.78, 5) is 28.1. The molecule has 8 heteroatoms. The lowest BCUT2D eigenvalue weighted by atomic mass is 10.3. The number of amides is 3. The second-order valence-corrected chi connectivity index (χ2v) is 6.18. The number of para-hydroxylation sites is 1. The number of thiazole rings is 1. The van der Waals surface area contributed by atoms with Gasteiger partial charge in [0.05, 0.1) is 12.1 Å². The van der Waals surface area contributed by atoms with Gasteiger partial charge in [-0.2, -0.15) is 0 Å². The average molecular weight is 370 g/mol. The first-order chi connectivity index (χ1) is 12.6. The van der Waals surface area contributed by atoms with Crippen molar-refractivity contribution in [2.45, 2.75) is 6.42 Å². The predicted molar refractivity (Wildman–Crippen MR) is 99.9 cm³/mol. The first-order valence-corrected chi connectivity index (χ1v) is 8.59. The molecule has 1 aromatic heterocycles. The summed E-state index contributed by atoms with van der Waals surface area (Å²) in [5.74, 6) is -0.742. The molecule has 0 atom stereocenters. The van der Waals surface area contributed by atoms with Crippen LogP contribution in [0.2, 0.25) is 0 Å². The van der Waals surface area contributed by atoms with Crippen molar-refractivity contribution in [3.05, 3.63) is 71.5 Å². The van der Waals surface area contributed by atoms with E-state index in [0.717, 1.165) is 0 Å². The van der Waals surface area contributed by atoms with Gasteiger partial charge in [-0.1, -0.05) is 24.3 Å². The molecule has 3 rings (SSSR count). The van der Waals surface area contributed by atoms with Crippen LogP contribution in [0, 0.1) is 5.82 Å². The minimum atomic E-state index is -0.424. The van der Waals surface area contributed by atoms with Gasteiger partial charge < -0.3 is 10.6 Å². The van der Waals surface area contributed by atoms with E-state index in [-0.39, 0.29) is 12.3 Å². The number of aromatic nitrogens is 1. The quantitative estimate of drug-likeness (QED) is 0.632. The zero-order chi connectivity index (χ0) is 18.4. The zero-order valence-corrected chi connectivity index (χ0v) is 14.3. The Bertz CT molecular complexity index is 914. The van der Waals surface area contributed by atoms with Crippen molar-refractivity contribution in [1.82, 2.24) is 4.98 Å². The van der Waals surface area contributed by atoms with Crippen molar-refractivity contribution in [3.8, 4) is 0 Å². The topological polar surface area (TPSA) is 83.1 Å². The number of hydrogen-bond acceptors (Lipinski definition) is 4. The SMILES string of the molecule is O=C(Cc1csc(NC(=O)Nc2ccccc2)n1)Nc1cccc(F)c1. The Morgan fingerprint density at radius 3 is 2.50 bits per heavy atom. The van der Waals surface area contributed by atoms with Crippen molar-refractivity contribution in [3.63, 3.8) is 0 Å². The lowest BCUT2D eigenvalue weighted by Crippen LogP contribution is -2.19. The highest BCUT2D eigenvalue weighted by molar-refractivity contribution is 7.14. The van der Waals surface area contributed by atoms with Crippen LogP contribution in [0.25, 0.3) is 0 Å². The summed E-state index contributed by atoms with van der Waals surface area (Å²) in [7, 11) is 0. The Morgan fingerprint density at radius 1 is 0.962 bits per heavy atom. The number of carbonyl (C=O) groups is 2. The van der Waals surface area contributed by atoms with E-state index < -0.39 is 11.8 Å². The van der Waals surface area contributed by atoms with Gasteiger partial charge in [-0.25, -0.2) is 14.2 Å². The number of urea groups is 1. The summed E-state index contributed by atoms with van der Waals surface area (Å²) in [6, 6.07) is 14.3. The highest BCUT2D eigenvalue weighted by atomic mass is 32.1. The van der Waals surface area contributed by atoms with Crippen LogP contribution in [0.3, 0.4) is 0 Å². The van der Waals surface area contributed by atoms with Crippen molar-refractivity contribution < 1.29 is 14.0 Å². The van der Waals surface area contributed by atoms with E-state index in [9.17, 15) is 14.0 Å². The molecule has 1 heterocycles. The van der Waals surface area contributed by atoms with Gasteiger partial charge in [0, 0.05) is 16.8 Å². The maximum atomic E-state index is 13.1. The molecular weight excluding hydrogens is 355 g/mol. The van der Waals surface area contributed by atoms with E-state index in [1.165, 1.54) is 29.5 Å². The number of halogens is 1. The van der Waals surface area contributed by atoms with Gasteiger partial charge in [-0.3, -0.25) is 10.1 Å². The van der Waals surface area contributed by atoms with E-state index in [1.54, 1.807) is 23.6 Å². The molecule has 26 heavy (non-hydrogen) atoms. The Hall–Kier alpha value is -3.26. The molecular formula is C18H15FN4O2S. The second-order valence-electron chi connectivity index (χ2n) is 5.32. The molecule has 0 aliphatic carbocycles. The highest BCUT2D eigenvalue weighted by Crippen LogP contribution is 2.17. The largest absolute Gasteiger partial charge is 0.326 e. The molecule has 3 amide bonds. The molecule has 3 aromatic rings. The zero-order valence-electron chi connectivity index (χ0n) is 13.5. The molecule has 3 N–H and O–H groups in total. The van der Waals surface area contributed by atoms with E-state index in [2.05, 4.69) is 20.9 Å². The van der Waals surface area contributed by atoms with E-state index in [0.29, 0.717) is 22.2 Å². The van der Waals surface area contributed by atoms with Crippen LogP contribution in [-0.2, 0) is 11.2 Å². The number of anilines is 3. The van der Waals surface area contributed by atoms with Crippen LogP contribution in [0.5, 0.6) is 0 Å². The predicted octanol–water partition coefficient (Wildman–Crippen LogP) is 4.11. The number of benzene rings is 2. The molecule has 0 saturated carbocycles. The molecule has 6 nitrogen and oxygen atoms in total. The van der Waals surface area contributed by atoms with Crippen LogP contribution < -0.4 is 16.0 Å². The number of nitrogens with one attached hydrogen (secondary N) is 3. The first kappa shape index (κ1) is 17.6. The summed E-state index contributed by atoms with van der Waals surface area (Å²) >= 11 is 1.22. The molecule has 2 aromatic carbocycles. The fourth-order valence-corrected chi connectivity index (χ4v) is 2.87. The van der Waals surface area contributed by atoms with Gasteiger partial charge in [0.25, 0.3) is 0 Å². The van der Waals surface area contributed by atoms with Crippen LogP contribution in [0.1, 0.15) is 5.69 Å². The van der Waals surface area contributed by atoms with Crippen molar-refractivity contribution >= 4 is 39.8 Å². The van der Waals surface area contributed by atoms with Crippen LogP contribution in [-0.4, -0.2) is 16.9 Å². The third-order valence-corrected chi connectivity index (χ3v) is 4.06. The van der Waals surface area contributed by atoms with Crippen LogP contribution in [0.4, 0.5) is 25.7 Å². The number of carbonyl (C=O) groups excluding carboxylic acids is 2. The summed E-state index contributed by atoms with van der Waals surface area (Å²) in [5, 5.41) is 9.96. The first-order valence-electron chi connectivity index (χ1n) is 7.71. The molecule has 0 aliphatic heterocycles. The Morgan fingerprint density at radius 2 is 1.73 bits per heavy atom. The van der Waals surface area contributed by atoms with E-state index in [4.69, 9.17) is 0 Å². The molecule has 0 unspecified atom stereocenters. The van der Waals surface area contributed by atoms with Gasteiger partial charge in [-0.15, -0.1) is 11.3 Å². The third kappa shape index (κ3) is 5.12. The molecule has 0 radical (unpaired) electrons. The fourth-order valence-electron chi connectivity index (χ4n) is 2.16. The van der Waals surface area contributed by atoms with E-state index >= 15 is 0 Å². The normalized spacial score (nSPS) is 10.2. The molecule has 0 spiro atoms. The van der Waals surface area contributed by atoms with Gasteiger partial charge in [0.1, 0.15) is 5.82 Å². The van der Waals surface area contributed by atoms with Gasteiger partial charge >= 0.3 is 6.03 Å². The van der Waals surface area contributed by atoms with Crippen molar-refractivity contribution in [2.24, 2.45) is 0 Å². The fraction of sp³-hybridized carbons (Fsp3) is 0.0556. The number of hydrogen-bond donors (Lipinski definition) is 3. The lowest BCUT2D eigenvalue weighted by molar-refractivity contribution is -0.115. The second kappa shape index (κ2) is 8.21. The van der Waals surface area contributed by atoms with Gasteiger partial charge in [-0.05, 0) is 30.3 Å². The minimum Gasteiger partial charge on any atom is -0.326 e. The molecule has 0 fully saturated rings.